The summed E-state index contributed by atoms with van der Waals surface area (Å²) in [6, 6.07) is 10.0. The van der Waals surface area contributed by atoms with Crippen molar-refractivity contribution in [3.8, 4) is 0 Å². The molecule has 0 saturated carbocycles. The van der Waals surface area contributed by atoms with Crippen molar-refractivity contribution >= 4 is 5.76 Å². The molecule has 0 N–H and O–H groups in total. The Hall–Kier alpha value is -2.22. The molecule has 3 rings (SSSR count). The molecule has 0 aromatic heterocycles. The Morgan fingerprint density at radius 1 is 1.05 bits per heavy atom. The molecule has 0 radical (unpaired) electrons. The van der Waals surface area contributed by atoms with E-state index in [0.717, 1.165) is 36.3 Å². The van der Waals surface area contributed by atoms with E-state index in [0.29, 0.717) is 0 Å². The van der Waals surface area contributed by atoms with Gasteiger partial charge in [-0.05, 0) is 12.8 Å². The molecule has 1 aliphatic carbocycles. The third-order valence-corrected chi connectivity index (χ3v) is 3.18. The summed E-state index contributed by atoms with van der Waals surface area (Å²) >= 11 is 0. The van der Waals surface area contributed by atoms with Crippen molar-refractivity contribution in [1.82, 2.24) is 0 Å². The maximum absolute atomic E-state index is 5.91. The first-order valence-corrected chi connectivity index (χ1v) is 6.54. The van der Waals surface area contributed by atoms with Gasteiger partial charge in [0.05, 0.1) is 0 Å². The van der Waals surface area contributed by atoms with Gasteiger partial charge >= 0.3 is 0 Å². The molecule has 19 heavy (non-hydrogen) atoms. The van der Waals surface area contributed by atoms with Gasteiger partial charge in [0.1, 0.15) is 18.3 Å². The van der Waals surface area contributed by atoms with Crippen molar-refractivity contribution < 1.29 is 9.47 Å². The van der Waals surface area contributed by atoms with Crippen molar-refractivity contribution in [2.24, 2.45) is 0 Å². The van der Waals surface area contributed by atoms with Crippen LogP contribution >= 0.6 is 0 Å². The minimum atomic E-state index is 0.769. The SMILES string of the molecule is C1=CCCC(CC2=COC=C(c3ccccc3)O2)=C1. The highest BCUT2D eigenvalue weighted by atomic mass is 16.5. The minimum Gasteiger partial charge on any atom is -0.465 e. The van der Waals surface area contributed by atoms with Gasteiger partial charge in [-0.15, -0.1) is 0 Å². The van der Waals surface area contributed by atoms with Crippen LogP contribution in [0.15, 0.2) is 72.4 Å². The lowest BCUT2D eigenvalue weighted by Gasteiger charge is -2.18. The number of rotatable bonds is 3. The molecule has 2 nitrogen and oxygen atoms in total. The van der Waals surface area contributed by atoms with Gasteiger partial charge in [-0.1, -0.05) is 54.1 Å². The normalized spacial score (nSPS) is 17.8. The van der Waals surface area contributed by atoms with Crippen molar-refractivity contribution in [3.63, 3.8) is 0 Å². The fourth-order valence-corrected chi connectivity index (χ4v) is 2.19. The number of allylic oxidation sites excluding steroid dienone is 4. The first-order valence-electron chi connectivity index (χ1n) is 6.54. The third kappa shape index (κ3) is 2.97. The maximum atomic E-state index is 5.91. The molecular weight excluding hydrogens is 236 g/mol. The Labute approximate surface area is 113 Å². The molecule has 2 heteroatoms. The Kier molecular flexibility index (Phi) is 3.50. The van der Waals surface area contributed by atoms with E-state index in [9.17, 15) is 0 Å². The summed E-state index contributed by atoms with van der Waals surface area (Å²) in [5.74, 6) is 1.63. The first-order chi connectivity index (χ1) is 9.42. The van der Waals surface area contributed by atoms with Gasteiger partial charge in [0, 0.05) is 12.0 Å². The topological polar surface area (TPSA) is 18.5 Å². The van der Waals surface area contributed by atoms with Crippen LogP contribution in [-0.4, -0.2) is 0 Å². The van der Waals surface area contributed by atoms with E-state index >= 15 is 0 Å². The average Bonchev–Trinajstić information content (AvgIpc) is 2.49. The molecule has 0 atom stereocenters. The maximum Gasteiger partial charge on any atom is 0.169 e. The van der Waals surface area contributed by atoms with Gasteiger partial charge < -0.3 is 9.47 Å². The zero-order valence-electron chi connectivity index (χ0n) is 10.7. The van der Waals surface area contributed by atoms with Crippen LogP contribution in [0.2, 0.25) is 0 Å². The Morgan fingerprint density at radius 3 is 2.74 bits per heavy atom. The highest BCUT2D eigenvalue weighted by Crippen LogP contribution is 2.28. The van der Waals surface area contributed by atoms with Gasteiger partial charge in [-0.3, -0.25) is 0 Å². The van der Waals surface area contributed by atoms with Crippen LogP contribution in [0, 0.1) is 0 Å². The Balaban J connectivity index is 1.68. The molecule has 0 spiro atoms. The van der Waals surface area contributed by atoms with Crippen molar-refractivity contribution in [2.45, 2.75) is 19.3 Å². The second-order valence-electron chi connectivity index (χ2n) is 4.64. The van der Waals surface area contributed by atoms with E-state index in [-0.39, 0.29) is 0 Å². The van der Waals surface area contributed by atoms with E-state index in [1.165, 1.54) is 5.57 Å². The van der Waals surface area contributed by atoms with E-state index in [1.54, 1.807) is 12.5 Å². The molecule has 1 heterocycles. The first kappa shape index (κ1) is 11.8. The molecule has 96 valence electrons. The molecule has 1 aromatic rings. The van der Waals surface area contributed by atoms with E-state index < -0.39 is 0 Å². The lowest BCUT2D eigenvalue weighted by Crippen LogP contribution is -2.01. The predicted octanol–water partition coefficient (Wildman–Crippen LogP) is 4.54. The Bertz CT molecular complexity index is 562. The highest BCUT2D eigenvalue weighted by Gasteiger charge is 2.13. The fourth-order valence-electron chi connectivity index (χ4n) is 2.19. The van der Waals surface area contributed by atoms with Crippen molar-refractivity contribution in [2.75, 3.05) is 0 Å². The van der Waals surface area contributed by atoms with E-state index in [2.05, 4.69) is 18.2 Å². The van der Waals surface area contributed by atoms with Gasteiger partial charge in [0.15, 0.2) is 5.76 Å². The van der Waals surface area contributed by atoms with Crippen LogP contribution in [0.5, 0.6) is 0 Å². The van der Waals surface area contributed by atoms with Gasteiger partial charge in [0.2, 0.25) is 0 Å². The molecule has 1 aromatic carbocycles. The van der Waals surface area contributed by atoms with Crippen LogP contribution < -0.4 is 0 Å². The van der Waals surface area contributed by atoms with Gasteiger partial charge in [-0.2, -0.15) is 0 Å². The molecular formula is C17H16O2. The van der Waals surface area contributed by atoms with E-state index in [4.69, 9.17) is 9.47 Å². The van der Waals surface area contributed by atoms with E-state index in [1.807, 2.05) is 30.3 Å². The number of benzene rings is 1. The van der Waals surface area contributed by atoms with Crippen molar-refractivity contribution in [3.05, 3.63) is 78.0 Å². The smallest absolute Gasteiger partial charge is 0.169 e. The summed E-state index contributed by atoms with van der Waals surface area (Å²) in [6.07, 6.45) is 12.8. The van der Waals surface area contributed by atoms with Crippen LogP contribution in [-0.2, 0) is 9.47 Å². The number of hydrogen-bond donors (Lipinski definition) is 0. The van der Waals surface area contributed by atoms with Crippen LogP contribution in [0.3, 0.4) is 0 Å². The summed E-state index contributed by atoms with van der Waals surface area (Å²) in [5.41, 5.74) is 2.41. The van der Waals surface area contributed by atoms with Gasteiger partial charge in [0.25, 0.3) is 0 Å². The summed E-state index contributed by atoms with van der Waals surface area (Å²) in [5, 5.41) is 0. The minimum absolute atomic E-state index is 0.769. The summed E-state index contributed by atoms with van der Waals surface area (Å²) < 4.78 is 11.3. The fraction of sp³-hybridized carbons (Fsp3) is 0.176. The molecule has 0 saturated heterocycles. The zero-order chi connectivity index (χ0) is 12.9. The van der Waals surface area contributed by atoms with Crippen molar-refractivity contribution in [1.29, 1.82) is 0 Å². The third-order valence-electron chi connectivity index (χ3n) is 3.18. The second kappa shape index (κ2) is 5.61. The quantitative estimate of drug-likeness (QED) is 0.786. The largest absolute Gasteiger partial charge is 0.465 e. The summed E-state index contributed by atoms with van der Waals surface area (Å²) in [7, 11) is 0. The molecule has 0 fully saturated rings. The number of ether oxygens (including phenoxy) is 2. The molecule has 2 aliphatic rings. The standard InChI is InChI=1S/C17H16O2/c1-3-7-14(8-4-1)11-16-12-18-13-17(19-16)15-9-5-2-6-10-15/h1-3,5-7,9-10,12-13H,4,8,11H2. The second-order valence-corrected chi connectivity index (χ2v) is 4.64. The van der Waals surface area contributed by atoms with Crippen LogP contribution in [0.1, 0.15) is 24.8 Å². The summed E-state index contributed by atoms with van der Waals surface area (Å²) in [6.45, 7) is 0. The molecule has 0 bridgehead atoms. The monoisotopic (exact) mass is 252 g/mol. The molecule has 1 aliphatic heterocycles. The molecule has 0 unspecified atom stereocenters. The van der Waals surface area contributed by atoms with Crippen LogP contribution in [0.25, 0.3) is 5.76 Å². The zero-order valence-corrected chi connectivity index (χ0v) is 10.7. The number of hydrogen-bond acceptors (Lipinski definition) is 2. The predicted molar refractivity (Wildman–Crippen MR) is 75.7 cm³/mol. The lowest BCUT2D eigenvalue weighted by atomic mass is 10.0. The molecule has 0 amide bonds. The average molecular weight is 252 g/mol. The lowest BCUT2D eigenvalue weighted by molar-refractivity contribution is 0.273. The van der Waals surface area contributed by atoms with Gasteiger partial charge in [-0.25, -0.2) is 0 Å². The summed E-state index contributed by atoms with van der Waals surface area (Å²) in [4.78, 5) is 0. The highest BCUT2D eigenvalue weighted by molar-refractivity contribution is 5.60. The van der Waals surface area contributed by atoms with Crippen LogP contribution in [0.4, 0.5) is 0 Å². The Morgan fingerprint density at radius 2 is 1.95 bits per heavy atom.